The van der Waals surface area contributed by atoms with Crippen molar-refractivity contribution < 1.29 is 19.4 Å². The highest BCUT2D eigenvalue weighted by molar-refractivity contribution is 5.77. The molecule has 0 aromatic rings. The second-order valence-corrected chi connectivity index (χ2v) is 4.37. The van der Waals surface area contributed by atoms with Gasteiger partial charge >= 0.3 is 5.97 Å². The van der Waals surface area contributed by atoms with Crippen LogP contribution in [0.5, 0.6) is 0 Å². The standard InChI is InChI=1S/C11H21NO4/c1-5-11(2,3)10(15)16-7-8(13)6-9(14)12-4/h8,13H,5-7H2,1-4H3,(H,12,14). The average Bonchev–Trinajstić information content (AvgIpc) is 2.25. The number of hydrogen-bond acceptors (Lipinski definition) is 4. The molecule has 1 amide bonds. The number of aliphatic hydroxyl groups is 1. The van der Waals surface area contributed by atoms with Crippen molar-refractivity contribution in [1.29, 1.82) is 0 Å². The van der Waals surface area contributed by atoms with Crippen molar-refractivity contribution in [2.45, 2.75) is 39.7 Å². The summed E-state index contributed by atoms with van der Waals surface area (Å²) >= 11 is 0. The molecular weight excluding hydrogens is 210 g/mol. The highest BCUT2D eigenvalue weighted by Gasteiger charge is 2.27. The van der Waals surface area contributed by atoms with Crippen molar-refractivity contribution in [3.05, 3.63) is 0 Å². The molecule has 0 fully saturated rings. The third-order valence-electron chi connectivity index (χ3n) is 2.54. The van der Waals surface area contributed by atoms with E-state index < -0.39 is 11.5 Å². The van der Waals surface area contributed by atoms with Crippen LogP contribution < -0.4 is 5.32 Å². The molecule has 0 bridgehead atoms. The molecule has 0 aliphatic carbocycles. The van der Waals surface area contributed by atoms with Gasteiger partial charge in [-0.2, -0.15) is 0 Å². The van der Waals surface area contributed by atoms with Crippen molar-refractivity contribution in [2.24, 2.45) is 5.41 Å². The first-order chi connectivity index (χ1) is 7.33. The first kappa shape index (κ1) is 14.9. The van der Waals surface area contributed by atoms with E-state index in [1.807, 2.05) is 6.92 Å². The number of rotatable bonds is 6. The Hall–Kier alpha value is -1.10. The summed E-state index contributed by atoms with van der Waals surface area (Å²) in [6.45, 7) is 5.30. The first-order valence-corrected chi connectivity index (χ1v) is 5.39. The fourth-order valence-corrected chi connectivity index (χ4v) is 0.887. The number of nitrogens with one attached hydrogen (secondary N) is 1. The van der Waals surface area contributed by atoms with Crippen molar-refractivity contribution in [1.82, 2.24) is 5.32 Å². The van der Waals surface area contributed by atoms with E-state index in [1.165, 1.54) is 7.05 Å². The molecule has 0 aliphatic rings. The monoisotopic (exact) mass is 231 g/mol. The normalized spacial score (nSPS) is 13.1. The van der Waals surface area contributed by atoms with Crippen LogP contribution in [0.2, 0.25) is 0 Å². The molecule has 0 spiro atoms. The summed E-state index contributed by atoms with van der Waals surface area (Å²) < 4.78 is 4.94. The van der Waals surface area contributed by atoms with E-state index in [0.717, 1.165) is 0 Å². The van der Waals surface area contributed by atoms with Gasteiger partial charge in [0.15, 0.2) is 0 Å². The highest BCUT2D eigenvalue weighted by Crippen LogP contribution is 2.21. The van der Waals surface area contributed by atoms with Crippen molar-refractivity contribution in [3.63, 3.8) is 0 Å². The molecule has 0 aliphatic heterocycles. The molecule has 0 radical (unpaired) electrons. The van der Waals surface area contributed by atoms with Gasteiger partial charge in [-0.3, -0.25) is 9.59 Å². The van der Waals surface area contributed by atoms with Gasteiger partial charge in [-0.15, -0.1) is 0 Å². The lowest BCUT2D eigenvalue weighted by molar-refractivity contribution is -0.157. The third-order valence-corrected chi connectivity index (χ3v) is 2.54. The Morgan fingerprint density at radius 3 is 2.44 bits per heavy atom. The van der Waals surface area contributed by atoms with Crippen LogP contribution >= 0.6 is 0 Å². The van der Waals surface area contributed by atoms with Gasteiger partial charge in [0.25, 0.3) is 0 Å². The third kappa shape index (κ3) is 5.11. The fourth-order valence-electron chi connectivity index (χ4n) is 0.887. The zero-order valence-corrected chi connectivity index (χ0v) is 10.4. The summed E-state index contributed by atoms with van der Waals surface area (Å²) in [4.78, 5) is 22.4. The van der Waals surface area contributed by atoms with Crippen LogP contribution in [0, 0.1) is 5.41 Å². The van der Waals surface area contributed by atoms with E-state index in [1.54, 1.807) is 13.8 Å². The van der Waals surface area contributed by atoms with Gasteiger partial charge in [0, 0.05) is 7.05 Å². The summed E-state index contributed by atoms with van der Waals surface area (Å²) in [5, 5.41) is 11.8. The molecule has 1 atom stereocenters. The highest BCUT2D eigenvalue weighted by atomic mass is 16.5. The maximum Gasteiger partial charge on any atom is 0.311 e. The molecule has 0 rings (SSSR count). The molecule has 0 heterocycles. The molecule has 0 aromatic heterocycles. The van der Waals surface area contributed by atoms with E-state index in [2.05, 4.69) is 5.32 Å². The number of aliphatic hydroxyl groups excluding tert-OH is 1. The number of esters is 1. The molecule has 5 nitrogen and oxygen atoms in total. The van der Waals surface area contributed by atoms with Gasteiger partial charge in [0.1, 0.15) is 6.61 Å². The molecule has 1 unspecified atom stereocenters. The van der Waals surface area contributed by atoms with Crippen LogP contribution in [-0.2, 0) is 14.3 Å². The number of carbonyl (C=O) groups excluding carboxylic acids is 2. The second kappa shape index (κ2) is 6.48. The molecule has 2 N–H and O–H groups in total. The van der Waals surface area contributed by atoms with Gasteiger partial charge in [-0.05, 0) is 20.3 Å². The molecule has 0 saturated carbocycles. The zero-order chi connectivity index (χ0) is 12.8. The fraction of sp³-hybridized carbons (Fsp3) is 0.818. The Morgan fingerprint density at radius 2 is 2.00 bits per heavy atom. The topological polar surface area (TPSA) is 75.6 Å². The largest absolute Gasteiger partial charge is 0.463 e. The van der Waals surface area contributed by atoms with Crippen LogP contribution in [0.3, 0.4) is 0 Å². The lowest BCUT2D eigenvalue weighted by Crippen LogP contribution is -2.31. The predicted octanol–water partition coefficient (Wildman–Crippen LogP) is 0.463. The van der Waals surface area contributed by atoms with E-state index in [0.29, 0.717) is 6.42 Å². The zero-order valence-electron chi connectivity index (χ0n) is 10.4. The van der Waals surface area contributed by atoms with E-state index in [4.69, 9.17) is 4.74 Å². The van der Waals surface area contributed by atoms with Gasteiger partial charge in [0.05, 0.1) is 17.9 Å². The molecule has 94 valence electrons. The Balaban J connectivity index is 3.97. The van der Waals surface area contributed by atoms with Gasteiger partial charge < -0.3 is 15.2 Å². The first-order valence-electron chi connectivity index (χ1n) is 5.39. The van der Waals surface area contributed by atoms with Gasteiger partial charge in [-0.1, -0.05) is 6.92 Å². The molecule has 0 aromatic carbocycles. The Morgan fingerprint density at radius 1 is 1.44 bits per heavy atom. The summed E-state index contributed by atoms with van der Waals surface area (Å²) in [5.41, 5.74) is -0.549. The van der Waals surface area contributed by atoms with Crippen LogP contribution in [0.4, 0.5) is 0 Å². The van der Waals surface area contributed by atoms with E-state index in [-0.39, 0.29) is 24.9 Å². The smallest absolute Gasteiger partial charge is 0.311 e. The lowest BCUT2D eigenvalue weighted by atomic mass is 9.91. The van der Waals surface area contributed by atoms with Crippen LogP contribution in [0.15, 0.2) is 0 Å². The Labute approximate surface area is 96.2 Å². The maximum atomic E-state index is 11.5. The van der Waals surface area contributed by atoms with Crippen LogP contribution in [0.25, 0.3) is 0 Å². The Bertz CT molecular complexity index is 250. The molecule has 16 heavy (non-hydrogen) atoms. The summed E-state index contributed by atoms with van der Waals surface area (Å²) in [5.74, 6) is -0.635. The number of amides is 1. The minimum Gasteiger partial charge on any atom is -0.463 e. The number of ether oxygens (including phenoxy) is 1. The van der Waals surface area contributed by atoms with Crippen molar-refractivity contribution in [3.8, 4) is 0 Å². The van der Waals surface area contributed by atoms with E-state index in [9.17, 15) is 14.7 Å². The van der Waals surface area contributed by atoms with Gasteiger partial charge in [-0.25, -0.2) is 0 Å². The SMILES string of the molecule is CCC(C)(C)C(=O)OCC(O)CC(=O)NC. The quantitative estimate of drug-likeness (QED) is 0.651. The minimum atomic E-state index is -0.948. The molecule has 0 saturated heterocycles. The van der Waals surface area contributed by atoms with Crippen molar-refractivity contribution in [2.75, 3.05) is 13.7 Å². The maximum absolute atomic E-state index is 11.5. The number of hydrogen-bond donors (Lipinski definition) is 2. The number of carbonyl (C=O) groups is 2. The van der Waals surface area contributed by atoms with E-state index >= 15 is 0 Å². The molecule has 5 heteroatoms. The summed E-state index contributed by atoms with van der Waals surface area (Å²) in [6, 6.07) is 0. The second-order valence-electron chi connectivity index (χ2n) is 4.37. The van der Waals surface area contributed by atoms with Gasteiger partial charge in [0.2, 0.25) is 5.91 Å². The minimum absolute atomic E-state index is 0.0592. The lowest BCUT2D eigenvalue weighted by Gasteiger charge is -2.21. The van der Waals surface area contributed by atoms with Crippen LogP contribution in [0.1, 0.15) is 33.6 Å². The van der Waals surface area contributed by atoms with Crippen molar-refractivity contribution >= 4 is 11.9 Å². The predicted molar refractivity (Wildman–Crippen MR) is 59.7 cm³/mol. The molecular formula is C11H21NO4. The van der Waals surface area contributed by atoms with Crippen LogP contribution in [-0.4, -0.2) is 36.7 Å². The average molecular weight is 231 g/mol. The summed E-state index contributed by atoms with van der Waals surface area (Å²) in [7, 11) is 1.49. The summed E-state index contributed by atoms with van der Waals surface area (Å²) in [6.07, 6.45) is -0.343. The Kier molecular flexibility index (Phi) is 6.03.